The average Bonchev–Trinajstić information content (AvgIpc) is 3.03. The third kappa shape index (κ3) is 3.70. The van der Waals surface area contributed by atoms with E-state index < -0.39 is 0 Å². The van der Waals surface area contributed by atoms with Crippen LogP contribution in [-0.4, -0.2) is 28.0 Å². The lowest BCUT2D eigenvalue weighted by atomic mass is 10.1. The highest BCUT2D eigenvalue weighted by atomic mass is 35.5. The van der Waals surface area contributed by atoms with E-state index in [9.17, 15) is 4.79 Å². The Bertz CT molecular complexity index is 939. The second kappa shape index (κ2) is 7.58. The molecular formula is C19H19ClN4O2. The number of nitrogens with zero attached hydrogens (tertiary/aromatic N) is 3. The smallest absolute Gasteiger partial charge is 0.274 e. The Morgan fingerprint density at radius 3 is 2.69 bits per heavy atom. The normalized spacial score (nSPS) is 11.8. The molecule has 2 aromatic carbocycles. The van der Waals surface area contributed by atoms with Crippen LogP contribution in [0.25, 0.3) is 5.69 Å². The first-order chi connectivity index (χ1) is 12.5. The van der Waals surface area contributed by atoms with Gasteiger partial charge in [-0.2, -0.15) is 9.90 Å². The van der Waals surface area contributed by atoms with Crippen LogP contribution in [0.1, 0.15) is 34.7 Å². The number of aryl methyl sites for hydroxylation is 1. The second-order valence-corrected chi connectivity index (χ2v) is 6.28. The standard InChI is InChI=1S/C19H19ClN4O2/c1-12(16-9-4-5-10-17(16)26-3)21-19(25)18-13(2)22-24(23-18)15-8-6-7-14(20)11-15/h4-12H,1-3H3,(H,21,25). The molecule has 3 aromatic rings. The number of hydrogen-bond acceptors (Lipinski definition) is 4. The molecule has 0 bridgehead atoms. The van der Waals surface area contributed by atoms with Crippen molar-refractivity contribution in [1.29, 1.82) is 0 Å². The Labute approximate surface area is 156 Å². The monoisotopic (exact) mass is 370 g/mol. The lowest BCUT2D eigenvalue weighted by Crippen LogP contribution is -2.28. The summed E-state index contributed by atoms with van der Waals surface area (Å²) in [6.07, 6.45) is 0. The number of amides is 1. The summed E-state index contributed by atoms with van der Waals surface area (Å²) >= 11 is 6.01. The minimum absolute atomic E-state index is 0.241. The molecule has 0 aliphatic carbocycles. The number of carbonyl (C=O) groups excluding carboxylic acids is 1. The zero-order valence-corrected chi connectivity index (χ0v) is 15.5. The average molecular weight is 371 g/mol. The van der Waals surface area contributed by atoms with Crippen molar-refractivity contribution in [3.05, 3.63) is 70.5 Å². The third-order valence-electron chi connectivity index (χ3n) is 3.99. The third-order valence-corrected chi connectivity index (χ3v) is 4.22. The molecule has 0 fully saturated rings. The van der Waals surface area contributed by atoms with Crippen molar-refractivity contribution in [1.82, 2.24) is 20.3 Å². The lowest BCUT2D eigenvalue weighted by molar-refractivity contribution is 0.0933. The number of ether oxygens (including phenoxy) is 1. The van der Waals surface area contributed by atoms with Crippen LogP contribution >= 0.6 is 11.6 Å². The van der Waals surface area contributed by atoms with E-state index in [2.05, 4.69) is 15.5 Å². The molecule has 6 nitrogen and oxygen atoms in total. The molecule has 134 valence electrons. The first-order valence-electron chi connectivity index (χ1n) is 8.13. The van der Waals surface area contributed by atoms with E-state index in [0.717, 1.165) is 11.3 Å². The number of nitrogens with one attached hydrogen (secondary N) is 1. The van der Waals surface area contributed by atoms with Gasteiger partial charge in [0.1, 0.15) is 5.75 Å². The van der Waals surface area contributed by atoms with Gasteiger partial charge in [0.25, 0.3) is 5.91 Å². The minimum atomic E-state index is -0.297. The summed E-state index contributed by atoms with van der Waals surface area (Å²) in [4.78, 5) is 14.1. The predicted octanol–water partition coefficient (Wildman–Crippen LogP) is 3.73. The number of rotatable bonds is 5. The van der Waals surface area contributed by atoms with Gasteiger partial charge < -0.3 is 10.1 Å². The predicted molar refractivity (Wildman–Crippen MR) is 100.0 cm³/mol. The Balaban J connectivity index is 1.82. The molecule has 0 spiro atoms. The van der Waals surface area contributed by atoms with Gasteiger partial charge in [-0.05, 0) is 38.1 Å². The zero-order valence-electron chi connectivity index (χ0n) is 14.7. The first kappa shape index (κ1) is 17.9. The summed E-state index contributed by atoms with van der Waals surface area (Å²) in [5.41, 5.74) is 2.39. The van der Waals surface area contributed by atoms with Crippen LogP contribution in [0.15, 0.2) is 48.5 Å². The van der Waals surface area contributed by atoms with E-state index in [-0.39, 0.29) is 17.6 Å². The fraction of sp³-hybridized carbons (Fsp3) is 0.211. The van der Waals surface area contributed by atoms with Crippen molar-refractivity contribution in [3.63, 3.8) is 0 Å². The molecule has 0 saturated carbocycles. The molecule has 1 unspecified atom stereocenters. The Hall–Kier alpha value is -2.86. The van der Waals surface area contributed by atoms with Gasteiger partial charge in [0.2, 0.25) is 0 Å². The summed E-state index contributed by atoms with van der Waals surface area (Å²) in [6, 6.07) is 14.5. The highest BCUT2D eigenvalue weighted by molar-refractivity contribution is 6.30. The lowest BCUT2D eigenvalue weighted by Gasteiger charge is -2.16. The van der Waals surface area contributed by atoms with Gasteiger partial charge in [-0.3, -0.25) is 4.79 Å². The van der Waals surface area contributed by atoms with Crippen LogP contribution in [0.5, 0.6) is 5.75 Å². The molecule has 1 N–H and O–H groups in total. The van der Waals surface area contributed by atoms with Gasteiger partial charge >= 0.3 is 0 Å². The van der Waals surface area contributed by atoms with Gasteiger partial charge in [-0.15, -0.1) is 5.10 Å². The van der Waals surface area contributed by atoms with Crippen LogP contribution < -0.4 is 10.1 Å². The quantitative estimate of drug-likeness (QED) is 0.743. The molecule has 0 saturated heterocycles. The summed E-state index contributed by atoms with van der Waals surface area (Å²) in [5.74, 6) is 0.425. The van der Waals surface area contributed by atoms with Crippen molar-refractivity contribution in [2.75, 3.05) is 7.11 Å². The number of aromatic nitrogens is 3. The van der Waals surface area contributed by atoms with Crippen molar-refractivity contribution < 1.29 is 9.53 Å². The van der Waals surface area contributed by atoms with E-state index in [4.69, 9.17) is 16.3 Å². The SMILES string of the molecule is COc1ccccc1C(C)NC(=O)c1nn(-c2cccc(Cl)c2)nc1C. The molecular weight excluding hydrogens is 352 g/mol. The van der Waals surface area contributed by atoms with Crippen molar-refractivity contribution in [3.8, 4) is 11.4 Å². The second-order valence-electron chi connectivity index (χ2n) is 5.84. The van der Waals surface area contributed by atoms with Crippen molar-refractivity contribution in [2.45, 2.75) is 19.9 Å². The number of para-hydroxylation sites is 1. The molecule has 0 aliphatic heterocycles. The van der Waals surface area contributed by atoms with Gasteiger partial charge in [0.15, 0.2) is 5.69 Å². The van der Waals surface area contributed by atoms with Crippen molar-refractivity contribution >= 4 is 17.5 Å². The maximum absolute atomic E-state index is 12.7. The fourth-order valence-electron chi connectivity index (χ4n) is 2.67. The van der Waals surface area contributed by atoms with Crippen LogP contribution in [0, 0.1) is 6.92 Å². The number of benzene rings is 2. The molecule has 1 heterocycles. The first-order valence-corrected chi connectivity index (χ1v) is 8.51. The summed E-state index contributed by atoms with van der Waals surface area (Å²) in [7, 11) is 1.61. The molecule has 26 heavy (non-hydrogen) atoms. The van der Waals surface area contributed by atoms with Gasteiger partial charge in [0.05, 0.1) is 24.5 Å². The fourth-order valence-corrected chi connectivity index (χ4v) is 2.86. The summed E-state index contributed by atoms with van der Waals surface area (Å²) in [5, 5.41) is 12.2. The molecule has 7 heteroatoms. The topological polar surface area (TPSA) is 69.0 Å². The van der Waals surface area contributed by atoms with E-state index >= 15 is 0 Å². The van der Waals surface area contributed by atoms with E-state index in [0.29, 0.717) is 16.4 Å². The van der Waals surface area contributed by atoms with Crippen molar-refractivity contribution in [2.24, 2.45) is 0 Å². The van der Waals surface area contributed by atoms with Crippen LogP contribution in [0.4, 0.5) is 0 Å². The molecule has 1 aromatic heterocycles. The number of carbonyl (C=O) groups is 1. The van der Waals surface area contributed by atoms with Crippen LogP contribution in [0.2, 0.25) is 5.02 Å². The molecule has 0 radical (unpaired) electrons. The Kier molecular flexibility index (Phi) is 5.23. The van der Waals surface area contributed by atoms with Crippen LogP contribution in [0.3, 0.4) is 0 Å². The van der Waals surface area contributed by atoms with Crippen LogP contribution in [-0.2, 0) is 0 Å². The van der Waals surface area contributed by atoms with Gasteiger partial charge in [0, 0.05) is 10.6 Å². The molecule has 1 amide bonds. The molecule has 0 aliphatic rings. The maximum atomic E-state index is 12.7. The number of halogens is 1. The Morgan fingerprint density at radius 2 is 1.96 bits per heavy atom. The minimum Gasteiger partial charge on any atom is -0.496 e. The largest absolute Gasteiger partial charge is 0.496 e. The highest BCUT2D eigenvalue weighted by Crippen LogP contribution is 2.24. The number of hydrogen-bond donors (Lipinski definition) is 1. The summed E-state index contributed by atoms with van der Waals surface area (Å²) in [6.45, 7) is 3.64. The number of methoxy groups -OCH3 is 1. The Morgan fingerprint density at radius 1 is 1.19 bits per heavy atom. The molecule has 3 rings (SSSR count). The highest BCUT2D eigenvalue weighted by Gasteiger charge is 2.20. The van der Waals surface area contributed by atoms with Gasteiger partial charge in [-0.1, -0.05) is 35.9 Å². The molecule has 1 atom stereocenters. The maximum Gasteiger partial charge on any atom is 0.274 e. The van der Waals surface area contributed by atoms with E-state index in [1.165, 1.54) is 4.80 Å². The van der Waals surface area contributed by atoms with E-state index in [1.807, 2.05) is 37.3 Å². The van der Waals surface area contributed by atoms with Gasteiger partial charge in [-0.25, -0.2) is 0 Å². The zero-order chi connectivity index (χ0) is 18.7. The van der Waals surface area contributed by atoms with E-state index in [1.54, 1.807) is 32.2 Å². The summed E-state index contributed by atoms with van der Waals surface area (Å²) < 4.78 is 5.35.